The highest BCUT2D eigenvalue weighted by atomic mass is 19.1. The Morgan fingerprint density at radius 2 is 1.85 bits per heavy atom. The largest absolute Gasteiger partial charge is 0.478 e. The summed E-state index contributed by atoms with van der Waals surface area (Å²) in [5, 5.41) is 12.4. The molecule has 104 valence electrons. The summed E-state index contributed by atoms with van der Waals surface area (Å²) in [5.74, 6) is -1.26. The molecule has 1 unspecified atom stereocenters. The molecule has 0 bridgehead atoms. The van der Waals surface area contributed by atoms with Crippen LogP contribution >= 0.6 is 0 Å². The predicted molar refractivity (Wildman–Crippen MR) is 76.6 cm³/mol. The van der Waals surface area contributed by atoms with E-state index in [0.29, 0.717) is 5.69 Å². The van der Waals surface area contributed by atoms with Gasteiger partial charge in [-0.2, -0.15) is 0 Å². The molecule has 0 aliphatic rings. The number of carboxylic acids is 1. The van der Waals surface area contributed by atoms with Crippen molar-refractivity contribution in [3.63, 3.8) is 0 Å². The van der Waals surface area contributed by atoms with Crippen LogP contribution in [0, 0.1) is 12.7 Å². The molecule has 2 N–H and O–H groups in total. The van der Waals surface area contributed by atoms with Crippen LogP contribution in [0.4, 0.5) is 10.1 Å². The lowest BCUT2D eigenvalue weighted by Crippen LogP contribution is -2.11. The third-order valence-electron chi connectivity index (χ3n) is 3.15. The van der Waals surface area contributed by atoms with Crippen molar-refractivity contribution in [2.75, 3.05) is 5.32 Å². The smallest absolute Gasteiger partial charge is 0.337 e. The van der Waals surface area contributed by atoms with Gasteiger partial charge in [0.2, 0.25) is 0 Å². The lowest BCUT2D eigenvalue weighted by Gasteiger charge is -2.18. The zero-order valence-electron chi connectivity index (χ0n) is 11.4. The van der Waals surface area contributed by atoms with Gasteiger partial charge in [-0.1, -0.05) is 18.2 Å². The quantitative estimate of drug-likeness (QED) is 0.885. The maximum absolute atomic E-state index is 12.9. The van der Waals surface area contributed by atoms with E-state index in [2.05, 4.69) is 5.32 Å². The molecule has 0 aliphatic heterocycles. The molecule has 0 aliphatic carbocycles. The Kier molecular flexibility index (Phi) is 4.03. The van der Waals surface area contributed by atoms with Crippen LogP contribution in [0.5, 0.6) is 0 Å². The minimum absolute atomic E-state index is 0.115. The van der Waals surface area contributed by atoms with E-state index < -0.39 is 5.97 Å². The van der Waals surface area contributed by atoms with Gasteiger partial charge in [0.25, 0.3) is 0 Å². The third kappa shape index (κ3) is 3.15. The highest BCUT2D eigenvalue weighted by Crippen LogP contribution is 2.24. The minimum atomic E-state index is -0.973. The van der Waals surface area contributed by atoms with Crippen molar-refractivity contribution in [3.05, 3.63) is 65.0 Å². The number of aryl methyl sites for hydroxylation is 1. The van der Waals surface area contributed by atoms with E-state index in [-0.39, 0.29) is 17.4 Å². The topological polar surface area (TPSA) is 49.3 Å². The first kappa shape index (κ1) is 14.1. The summed E-state index contributed by atoms with van der Waals surface area (Å²) in [5.41, 5.74) is 2.66. The molecule has 3 nitrogen and oxygen atoms in total. The number of hydrogen-bond acceptors (Lipinski definition) is 2. The molecule has 0 saturated heterocycles. The van der Waals surface area contributed by atoms with Crippen LogP contribution in [0.15, 0.2) is 42.5 Å². The SMILES string of the molecule is Cc1ccc(C(=O)O)c(NC(C)c2ccc(F)cc2)c1. The van der Waals surface area contributed by atoms with Crippen molar-refractivity contribution < 1.29 is 14.3 Å². The fraction of sp³-hybridized carbons (Fsp3) is 0.188. The summed E-state index contributed by atoms with van der Waals surface area (Å²) < 4.78 is 12.9. The lowest BCUT2D eigenvalue weighted by molar-refractivity contribution is 0.0698. The van der Waals surface area contributed by atoms with Gasteiger partial charge >= 0.3 is 5.97 Å². The Morgan fingerprint density at radius 3 is 2.45 bits per heavy atom. The summed E-state index contributed by atoms with van der Waals surface area (Å²) in [6, 6.07) is 11.2. The monoisotopic (exact) mass is 273 g/mol. The average Bonchev–Trinajstić information content (AvgIpc) is 2.39. The normalized spacial score (nSPS) is 11.9. The highest BCUT2D eigenvalue weighted by Gasteiger charge is 2.13. The van der Waals surface area contributed by atoms with Gasteiger partial charge < -0.3 is 10.4 Å². The number of halogens is 1. The van der Waals surface area contributed by atoms with Crippen molar-refractivity contribution in [1.29, 1.82) is 0 Å². The summed E-state index contributed by atoms with van der Waals surface area (Å²) in [4.78, 5) is 11.2. The maximum atomic E-state index is 12.9. The molecular weight excluding hydrogens is 257 g/mol. The van der Waals surface area contributed by atoms with Gasteiger partial charge in [-0.05, 0) is 49.2 Å². The van der Waals surface area contributed by atoms with E-state index in [0.717, 1.165) is 11.1 Å². The summed E-state index contributed by atoms with van der Waals surface area (Å²) >= 11 is 0. The Morgan fingerprint density at radius 1 is 1.20 bits per heavy atom. The zero-order valence-corrected chi connectivity index (χ0v) is 11.4. The molecule has 0 saturated carbocycles. The Hall–Kier alpha value is -2.36. The van der Waals surface area contributed by atoms with E-state index in [1.54, 1.807) is 30.3 Å². The van der Waals surface area contributed by atoms with Gasteiger partial charge in [-0.15, -0.1) is 0 Å². The maximum Gasteiger partial charge on any atom is 0.337 e. The second kappa shape index (κ2) is 5.74. The van der Waals surface area contributed by atoms with Crippen molar-refractivity contribution in [2.24, 2.45) is 0 Å². The van der Waals surface area contributed by atoms with Crippen LogP contribution in [-0.2, 0) is 0 Å². The number of hydrogen-bond donors (Lipinski definition) is 2. The standard InChI is InChI=1S/C16H16FNO2/c1-10-3-8-14(16(19)20)15(9-10)18-11(2)12-4-6-13(17)7-5-12/h3-9,11,18H,1-2H3,(H,19,20). The fourth-order valence-corrected chi connectivity index (χ4v) is 2.03. The van der Waals surface area contributed by atoms with Gasteiger partial charge in [0.05, 0.1) is 5.56 Å². The molecule has 0 amide bonds. The molecule has 20 heavy (non-hydrogen) atoms. The van der Waals surface area contributed by atoms with E-state index in [1.165, 1.54) is 12.1 Å². The van der Waals surface area contributed by atoms with Crippen LogP contribution in [0.1, 0.15) is 34.5 Å². The fourth-order valence-electron chi connectivity index (χ4n) is 2.03. The molecule has 0 radical (unpaired) electrons. The van der Waals surface area contributed by atoms with Crippen LogP contribution < -0.4 is 5.32 Å². The van der Waals surface area contributed by atoms with Gasteiger partial charge in [0.15, 0.2) is 0 Å². The number of anilines is 1. The van der Waals surface area contributed by atoms with Crippen molar-refractivity contribution in [1.82, 2.24) is 0 Å². The number of nitrogens with one attached hydrogen (secondary N) is 1. The van der Waals surface area contributed by atoms with Crippen LogP contribution in [0.25, 0.3) is 0 Å². The molecule has 0 heterocycles. The summed E-state index contributed by atoms with van der Waals surface area (Å²) in [6.07, 6.45) is 0. The van der Waals surface area contributed by atoms with Gasteiger partial charge in [-0.3, -0.25) is 0 Å². The van der Waals surface area contributed by atoms with Gasteiger partial charge in [-0.25, -0.2) is 9.18 Å². The van der Waals surface area contributed by atoms with Crippen molar-refractivity contribution in [3.8, 4) is 0 Å². The number of aromatic carboxylic acids is 1. The number of carboxylic acid groups (broad SMARTS) is 1. The molecule has 1 atom stereocenters. The van der Waals surface area contributed by atoms with Crippen molar-refractivity contribution in [2.45, 2.75) is 19.9 Å². The molecule has 2 aromatic rings. The van der Waals surface area contributed by atoms with Crippen molar-refractivity contribution >= 4 is 11.7 Å². The lowest BCUT2D eigenvalue weighted by atomic mass is 10.1. The highest BCUT2D eigenvalue weighted by molar-refractivity contribution is 5.94. The molecule has 0 aromatic heterocycles. The second-order valence-electron chi connectivity index (χ2n) is 4.77. The average molecular weight is 273 g/mol. The molecular formula is C16H16FNO2. The Bertz CT molecular complexity index is 623. The molecule has 0 fully saturated rings. The van der Waals surface area contributed by atoms with Gasteiger partial charge in [0, 0.05) is 11.7 Å². The van der Waals surface area contributed by atoms with E-state index in [1.807, 2.05) is 13.8 Å². The van der Waals surface area contributed by atoms with Crippen LogP contribution in [0.3, 0.4) is 0 Å². The molecule has 2 aromatic carbocycles. The van der Waals surface area contributed by atoms with Crippen LogP contribution in [-0.4, -0.2) is 11.1 Å². The molecule has 0 spiro atoms. The predicted octanol–water partition coefficient (Wildman–Crippen LogP) is 4.01. The number of rotatable bonds is 4. The second-order valence-corrected chi connectivity index (χ2v) is 4.77. The van der Waals surface area contributed by atoms with Crippen LogP contribution in [0.2, 0.25) is 0 Å². The first-order chi connectivity index (χ1) is 9.47. The van der Waals surface area contributed by atoms with Gasteiger partial charge in [0.1, 0.15) is 5.82 Å². The first-order valence-corrected chi connectivity index (χ1v) is 6.33. The summed E-state index contributed by atoms with van der Waals surface area (Å²) in [6.45, 7) is 3.81. The minimum Gasteiger partial charge on any atom is -0.478 e. The third-order valence-corrected chi connectivity index (χ3v) is 3.15. The number of benzene rings is 2. The zero-order chi connectivity index (χ0) is 14.7. The van der Waals surface area contributed by atoms with E-state index in [9.17, 15) is 14.3 Å². The Labute approximate surface area is 117 Å². The molecule has 4 heteroatoms. The first-order valence-electron chi connectivity index (χ1n) is 6.33. The van der Waals surface area contributed by atoms with E-state index >= 15 is 0 Å². The number of carbonyl (C=O) groups is 1. The van der Waals surface area contributed by atoms with E-state index in [4.69, 9.17) is 0 Å². The Balaban J connectivity index is 2.27. The molecule has 2 rings (SSSR count). The summed E-state index contributed by atoms with van der Waals surface area (Å²) in [7, 11) is 0.